The molecule has 2 aromatic carbocycles. The fourth-order valence-electron chi connectivity index (χ4n) is 2.36. The summed E-state index contributed by atoms with van der Waals surface area (Å²) in [6.45, 7) is 2.63. The summed E-state index contributed by atoms with van der Waals surface area (Å²) >= 11 is 0. The molecule has 1 heterocycles. The van der Waals surface area contributed by atoms with E-state index in [1.165, 1.54) is 0 Å². The highest BCUT2D eigenvalue weighted by atomic mass is 16.5. The lowest BCUT2D eigenvalue weighted by atomic mass is 10.1. The first-order valence-corrected chi connectivity index (χ1v) is 8.13. The van der Waals surface area contributed by atoms with E-state index in [0.29, 0.717) is 18.1 Å². The maximum atomic E-state index is 12.0. The summed E-state index contributed by atoms with van der Waals surface area (Å²) in [4.78, 5) is 12.0. The van der Waals surface area contributed by atoms with E-state index < -0.39 is 0 Å². The Kier molecular flexibility index (Phi) is 5.46. The normalized spacial score (nSPS) is 10.4. The third-order valence-electron chi connectivity index (χ3n) is 3.58. The molecule has 0 unspecified atom stereocenters. The van der Waals surface area contributed by atoms with Crippen LogP contribution in [-0.4, -0.2) is 17.7 Å². The average molecular weight is 337 g/mol. The van der Waals surface area contributed by atoms with Crippen molar-refractivity contribution in [3.05, 3.63) is 71.9 Å². The number of ether oxygens (including phenoxy) is 2. The van der Waals surface area contributed by atoms with Gasteiger partial charge in [-0.15, -0.1) is 0 Å². The predicted octanol–water partition coefficient (Wildman–Crippen LogP) is 4.03. The first-order valence-electron chi connectivity index (χ1n) is 8.13. The number of benzene rings is 2. The van der Waals surface area contributed by atoms with Crippen molar-refractivity contribution < 1.29 is 18.8 Å². The quantitative estimate of drug-likeness (QED) is 0.609. The zero-order chi connectivity index (χ0) is 17.5. The second-order valence-corrected chi connectivity index (χ2v) is 5.46. The van der Waals surface area contributed by atoms with Crippen LogP contribution in [0.4, 0.5) is 0 Å². The van der Waals surface area contributed by atoms with Crippen molar-refractivity contribution in [3.8, 4) is 17.1 Å². The summed E-state index contributed by atoms with van der Waals surface area (Å²) in [7, 11) is 0. The smallest absolute Gasteiger partial charge is 0.310 e. The molecule has 3 rings (SSSR count). The van der Waals surface area contributed by atoms with E-state index in [2.05, 4.69) is 5.16 Å². The number of nitrogens with zero attached hydrogens (tertiary/aromatic N) is 1. The molecule has 0 saturated heterocycles. The Labute approximate surface area is 146 Å². The first-order chi connectivity index (χ1) is 12.2. The maximum Gasteiger partial charge on any atom is 0.310 e. The fraction of sp³-hybridized carbons (Fsp3) is 0.200. The van der Waals surface area contributed by atoms with Crippen LogP contribution in [0.1, 0.15) is 18.2 Å². The van der Waals surface area contributed by atoms with Crippen LogP contribution < -0.4 is 4.74 Å². The largest absolute Gasteiger partial charge is 0.494 e. The highest BCUT2D eigenvalue weighted by molar-refractivity contribution is 5.72. The molecule has 0 aliphatic rings. The summed E-state index contributed by atoms with van der Waals surface area (Å²) in [5, 5.41) is 3.93. The van der Waals surface area contributed by atoms with Gasteiger partial charge in [0.1, 0.15) is 18.1 Å². The van der Waals surface area contributed by atoms with E-state index in [-0.39, 0.29) is 19.0 Å². The molecule has 3 aromatic rings. The molecule has 0 amide bonds. The number of carbonyl (C=O) groups excluding carboxylic acids is 1. The number of aromatic nitrogens is 1. The Hall–Kier alpha value is -3.08. The van der Waals surface area contributed by atoms with Gasteiger partial charge in [-0.3, -0.25) is 4.79 Å². The minimum absolute atomic E-state index is 0.0895. The van der Waals surface area contributed by atoms with Gasteiger partial charge in [-0.25, -0.2) is 0 Å². The SMILES string of the molecule is CCOc1ccc(CC(=O)OCc2cc(-c3ccccc3)on2)cc1. The Morgan fingerprint density at radius 1 is 1.08 bits per heavy atom. The molecule has 128 valence electrons. The van der Waals surface area contributed by atoms with E-state index in [1.54, 1.807) is 6.07 Å². The zero-order valence-corrected chi connectivity index (χ0v) is 14.0. The van der Waals surface area contributed by atoms with E-state index in [0.717, 1.165) is 16.9 Å². The fourth-order valence-corrected chi connectivity index (χ4v) is 2.36. The third-order valence-corrected chi connectivity index (χ3v) is 3.58. The lowest BCUT2D eigenvalue weighted by Gasteiger charge is -2.05. The first kappa shape index (κ1) is 16.8. The van der Waals surface area contributed by atoms with Gasteiger partial charge in [0.2, 0.25) is 0 Å². The van der Waals surface area contributed by atoms with Crippen molar-refractivity contribution >= 4 is 5.97 Å². The van der Waals surface area contributed by atoms with Crippen molar-refractivity contribution in [2.24, 2.45) is 0 Å². The molecular weight excluding hydrogens is 318 g/mol. The number of esters is 1. The highest BCUT2D eigenvalue weighted by Gasteiger charge is 2.10. The molecule has 0 spiro atoms. The van der Waals surface area contributed by atoms with Crippen LogP contribution in [0.3, 0.4) is 0 Å². The van der Waals surface area contributed by atoms with Crippen LogP contribution >= 0.6 is 0 Å². The average Bonchev–Trinajstić information content (AvgIpc) is 3.12. The molecule has 0 saturated carbocycles. The molecule has 0 atom stereocenters. The standard InChI is InChI=1S/C20H19NO4/c1-2-23-18-10-8-15(9-11-18)12-20(22)24-14-17-13-19(25-21-17)16-6-4-3-5-7-16/h3-11,13H,2,12,14H2,1H3. The molecule has 25 heavy (non-hydrogen) atoms. The third kappa shape index (κ3) is 4.70. The Bertz CT molecular complexity index is 809. The minimum Gasteiger partial charge on any atom is -0.494 e. The zero-order valence-electron chi connectivity index (χ0n) is 14.0. The van der Waals surface area contributed by atoms with E-state index in [1.807, 2.05) is 61.5 Å². The van der Waals surface area contributed by atoms with Gasteiger partial charge in [-0.05, 0) is 24.6 Å². The Morgan fingerprint density at radius 3 is 2.56 bits per heavy atom. The molecule has 0 fully saturated rings. The van der Waals surface area contributed by atoms with Crippen molar-refractivity contribution in [2.45, 2.75) is 20.0 Å². The van der Waals surface area contributed by atoms with Gasteiger partial charge in [0, 0.05) is 11.6 Å². The van der Waals surface area contributed by atoms with Crippen LogP contribution in [0.5, 0.6) is 5.75 Å². The summed E-state index contributed by atoms with van der Waals surface area (Å²) < 4.78 is 15.9. The molecule has 5 nitrogen and oxygen atoms in total. The van der Waals surface area contributed by atoms with E-state index >= 15 is 0 Å². The topological polar surface area (TPSA) is 61.6 Å². The van der Waals surface area contributed by atoms with Gasteiger partial charge in [0.25, 0.3) is 0 Å². The van der Waals surface area contributed by atoms with Gasteiger partial charge in [-0.2, -0.15) is 0 Å². The predicted molar refractivity (Wildman–Crippen MR) is 93.1 cm³/mol. The van der Waals surface area contributed by atoms with Crippen LogP contribution in [0.2, 0.25) is 0 Å². The number of hydrogen-bond acceptors (Lipinski definition) is 5. The molecule has 0 bridgehead atoms. The lowest BCUT2D eigenvalue weighted by molar-refractivity contribution is -0.144. The second kappa shape index (κ2) is 8.15. The molecule has 0 radical (unpaired) electrons. The number of hydrogen-bond donors (Lipinski definition) is 0. The van der Waals surface area contributed by atoms with Gasteiger partial charge in [0.15, 0.2) is 5.76 Å². The van der Waals surface area contributed by atoms with Crippen LogP contribution in [0.15, 0.2) is 65.2 Å². The minimum atomic E-state index is -0.312. The summed E-state index contributed by atoms with van der Waals surface area (Å²) in [6.07, 6.45) is 0.204. The van der Waals surface area contributed by atoms with Crippen LogP contribution in [0, 0.1) is 0 Å². The van der Waals surface area contributed by atoms with Crippen molar-refractivity contribution in [2.75, 3.05) is 6.61 Å². The van der Waals surface area contributed by atoms with Gasteiger partial charge in [0.05, 0.1) is 13.0 Å². The van der Waals surface area contributed by atoms with Crippen molar-refractivity contribution in [3.63, 3.8) is 0 Å². The molecule has 0 aliphatic heterocycles. The summed E-state index contributed by atoms with van der Waals surface area (Å²) in [5.41, 5.74) is 2.39. The van der Waals surface area contributed by atoms with Gasteiger partial charge < -0.3 is 14.0 Å². The van der Waals surface area contributed by atoms with E-state index in [9.17, 15) is 4.79 Å². The molecule has 5 heteroatoms. The monoisotopic (exact) mass is 337 g/mol. The van der Waals surface area contributed by atoms with Crippen LogP contribution in [-0.2, 0) is 22.6 Å². The van der Waals surface area contributed by atoms with E-state index in [4.69, 9.17) is 14.0 Å². The highest BCUT2D eigenvalue weighted by Crippen LogP contribution is 2.20. The molecule has 1 aromatic heterocycles. The van der Waals surface area contributed by atoms with Crippen LogP contribution in [0.25, 0.3) is 11.3 Å². The molecule has 0 aliphatic carbocycles. The summed E-state index contributed by atoms with van der Waals surface area (Å²) in [5.74, 6) is 1.13. The molecule has 0 N–H and O–H groups in total. The Balaban J connectivity index is 1.51. The lowest BCUT2D eigenvalue weighted by Crippen LogP contribution is -2.08. The number of carbonyl (C=O) groups is 1. The van der Waals surface area contributed by atoms with Crippen molar-refractivity contribution in [1.29, 1.82) is 0 Å². The number of rotatable bonds is 7. The summed E-state index contributed by atoms with van der Waals surface area (Å²) in [6, 6.07) is 18.8. The van der Waals surface area contributed by atoms with Crippen molar-refractivity contribution in [1.82, 2.24) is 5.16 Å². The second-order valence-electron chi connectivity index (χ2n) is 5.46. The molecular formula is C20H19NO4. The maximum absolute atomic E-state index is 12.0. The van der Waals surface area contributed by atoms with Gasteiger partial charge in [-0.1, -0.05) is 47.6 Å². The van der Waals surface area contributed by atoms with Gasteiger partial charge >= 0.3 is 5.97 Å². The Morgan fingerprint density at radius 2 is 1.84 bits per heavy atom.